The smallest absolute Gasteiger partial charge is 0.0683 e. The largest absolute Gasteiger partial charge is 0.124 e. The highest BCUT2D eigenvalue weighted by Gasteiger charge is 0.936. The molecule has 0 bridgehead atoms. The zero-order chi connectivity index (χ0) is 10.0. The summed E-state index contributed by atoms with van der Waals surface area (Å²) in [5.41, 5.74) is 0. The molecule has 0 aromatic carbocycles. The van der Waals surface area contributed by atoms with Gasteiger partial charge < -0.3 is 0 Å². The molecule has 0 saturated carbocycles. The topological polar surface area (TPSA) is 0 Å². The maximum atomic E-state index is 4.00. The molecule has 0 atom stereocenters. The van der Waals surface area contributed by atoms with Gasteiger partial charge in [-0.15, -0.1) is 26.0 Å². The molecular weight excluding hydrogens is 120 g/mol. The highest BCUT2D eigenvalue weighted by Crippen LogP contribution is 1.15. The fraction of sp³-hybridized carbons (Fsp3) is 0.600. The van der Waals surface area contributed by atoms with Crippen LogP contribution in [-0.4, -0.2) is 0 Å². The van der Waals surface area contributed by atoms with Gasteiger partial charge in [0.25, 0.3) is 0 Å². The van der Waals surface area contributed by atoms with Gasteiger partial charge in [0.2, 0.25) is 0 Å². The van der Waals surface area contributed by atoms with Gasteiger partial charge in [-0.2, -0.15) is 0 Å². The SMILES string of the molecule is C#C.C=C.CC.CC.CC. The molecule has 0 aromatic rings. The quantitative estimate of drug-likeness (QED) is 0.354. The second-order valence-corrected chi connectivity index (χ2v) is 0. The molecule has 0 aliphatic heterocycles. The van der Waals surface area contributed by atoms with Gasteiger partial charge in [-0.05, 0) is 0 Å². The molecule has 0 saturated heterocycles. The molecule has 0 rings (SSSR count). The Morgan fingerprint density at radius 1 is 0.600 bits per heavy atom. The Morgan fingerprint density at radius 3 is 0.600 bits per heavy atom. The lowest BCUT2D eigenvalue weighted by Gasteiger charge is -1.07. The molecule has 0 amide bonds. The lowest BCUT2D eigenvalue weighted by atomic mass is 11.0. The van der Waals surface area contributed by atoms with Crippen LogP contribution in [0.25, 0.3) is 0 Å². The van der Waals surface area contributed by atoms with Gasteiger partial charge in [-0.25, -0.2) is 0 Å². The molecular formula is C10H24. The number of rotatable bonds is 0. The third-order valence-corrected chi connectivity index (χ3v) is 0. The highest BCUT2D eigenvalue weighted by molar-refractivity contribution is 4.47. The van der Waals surface area contributed by atoms with E-state index in [1.165, 1.54) is 0 Å². The third-order valence-electron chi connectivity index (χ3n) is 0. The van der Waals surface area contributed by atoms with Crippen LogP contribution in [0.4, 0.5) is 0 Å². The van der Waals surface area contributed by atoms with E-state index < -0.39 is 0 Å². The van der Waals surface area contributed by atoms with Crippen molar-refractivity contribution >= 4 is 0 Å². The van der Waals surface area contributed by atoms with Crippen LogP contribution in [0.2, 0.25) is 0 Å². The summed E-state index contributed by atoms with van der Waals surface area (Å²) in [4.78, 5) is 0. The minimum Gasteiger partial charge on any atom is -0.124 e. The van der Waals surface area contributed by atoms with E-state index in [9.17, 15) is 0 Å². The van der Waals surface area contributed by atoms with Crippen molar-refractivity contribution in [1.29, 1.82) is 0 Å². The zero-order valence-corrected chi connectivity index (χ0v) is 8.57. The van der Waals surface area contributed by atoms with Gasteiger partial charge in [0.1, 0.15) is 0 Å². The molecule has 0 fully saturated rings. The minimum absolute atomic E-state index is 2.00. The Morgan fingerprint density at radius 2 is 0.600 bits per heavy atom. The van der Waals surface area contributed by atoms with Gasteiger partial charge in [-0.3, -0.25) is 0 Å². The van der Waals surface area contributed by atoms with E-state index in [1.807, 2.05) is 41.5 Å². The number of hydrogen-bond donors (Lipinski definition) is 0. The van der Waals surface area contributed by atoms with E-state index in [0.29, 0.717) is 0 Å². The van der Waals surface area contributed by atoms with Crippen LogP contribution in [0.3, 0.4) is 0 Å². The van der Waals surface area contributed by atoms with Crippen molar-refractivity contribution in [3.8, 4) is 12.8 Å². The van der Waals surface area contributed by atoms with E-state index in [1.54, 1.807) is 0 Å². The molecule has 64 valence electrons. The van der Waals surface area contributed by atoms with Gasteiger partial charge in [0.15, 0.2) is 0 Å². The molecule has 0 heteroatoms. The first-order valence-electron chi connectivity index (χ1n) is 3.83. The molecule has 0 heterocycles. The summed E-state index contributed by atoms with van der Waals surface area (Å²) in [5, 5.41) is 0. The minimum atomic E-state index is 2.00. The van der Waals surface area contributed by atoms with E-state index in [2.05, 4.69) is 26.0 Å². The molecule has 0 radical (unpaired) electrons. The first-order chi connectivity index (χ1) is 5.00. The molecule has 0 unspecified atom stereocenters. The summed E-state index contributed by atoms with van der Waals surface area (Å²) in [6.07, 6.45) is 8.00. The van der Waals surface area contributed by atoms with Gasteiger partial charge >= 0.3 is 0 Å². The molecule has 0 aliphatic rings. The number of terminal acetylenes is 1. The van der Waals surface area contributed by atoms with Crippen molar-refractivity contribution in [2.45, 2.75) is 41.5 Å². The monoisotopic (exact) mass is 144 g/mol. The van der Waals surface area contributed by atoms with Crippen LogP contribution >= 0.6 is 0 Å². The lowest BCUT2D eigenvalue weighted by molar-refractivity contribution is 1.50. The van der Waals surface area contributed by atoms with E-state index in [-0.39, 0.29) is 0 Å². The Balaban J connectivity index is -0.0000000104. The highest BCUT2D eigenvalue weighted by atomic mass is 13.0. The second kappa shape index (κ2) is 903. The molecule has 0 spiro atoms. The van der Waals surface area contributed by atoms with Crippen molar-refractivity contribution in [1.82, 2.24) is 0 Å². The number of hydrogen-bond acceptors (Lipinski definition) is 0. The normalized spacial score (nSPS) is 2.40. The Kier molecular flexibility index (Phi) is 3130. The van der Waals surface area contributed by atoms with Gasteiger partial charge in [-0.1, -0.05) is 41.5 Å². The van der Waals surface area contributed by atoms with Crippen LogP contribution < -0.4 is 0 Å². The van der Waals surface area contributed by atoms with Crippen LogP contribution in [0.5, 0.6) is 0 Å². The van der Waals surface area contributed by atoms with Crippen molar-refractivity contribution in [2.24, 2.45) is 0 Å². The standard InChI is InChI=1S/3C2H6.C2H4.C2H2/c5*1-2/h3*1-2H3;1-2H2;1-2H. The Labute approximate surface area is 68.4 Å². The summed E-state index contributed by atoms with van der Waals surface area (Å²) in [6, 6.07) is 0. The molecule has 0 aromatic heterocycles. The van der Waals surface area contributed by atoms with E-state index >= 15 is 0 Å². The van der Waals surface area contributed by atoms with Crippen LogP contribution in [0.1, 0.15) is 41.5 Å². The molecule has 0 N–H and O–H groups in total. The first kappa shape index (κ1) is 34.6. The summed E-state index contributed by atoms with van der Waals surface area (Å²) < 4.78 is 0. The van der Waals surface area contributed by atoms with Crippen LogP contribution in [0.15, 0.2) is 13.2 Å². The van der Waals surface area contributed by atoms with Crippen LogP contribution in [0, 0.1) is 12.8 Å². The van der Waals surface area contributed by atoms with Crippen molar-refractivity contribution in [3.63, 3.8) is 0 Å². The third kappa shape index (κ3) is 591. The molecule has 10 heavy (non-hydrogen) atoms. The predicted octanol–water partition coefficient (Wildman–Crippen LogP) is 4.13. The lowest BCUT2D eigenvalue weighted by Crippen LogP contribution is -0.856. The fourth-order valence-corrected chi connectivity index (χ4v) is 0. The second-order valence-electron chi connectivity index (χ2n) is 0. The fourth-order valence-electron chi connectivity index (χ4n) is 0. The average molecular weight is 144 g/mol. The van der Waals surface area contributed by atoms with E-state index in [4.69, 9.17) is 0 Å². The summed E-state index contributed by atoms with van der Waals surface area (Å²) in [6.45, 7) is 18.0. The maximum Gasteiger partial charge on any atom is -0.0683 e. The predicted molar refractivity (Wildman–Crippen MR) is 55.2 cm³/mol. The maximum absolute atomic E-state index is 4.00. The van der Waals surface area contributed by atoms with Gasteiger partial charge in [0.05, 0.1) is 0 Å². The van der Waals surface area contributed by atoms with Gasteiger partial charge in [0, 0.05) is 0 Å². The van der Waals surface area contributed by atoms with Crippen LogP contribution in [-0.2, 0) is 0 Å². The van der Waals surface area contributed by atoms with Crippen molar-refractivity contribution < 1.29 is 0 Å². The van der Waals surface area contributed by atoms with E-state index in [0.717, 1.165) is 0 Å². The zero-order valence-electron chi connectivity index (χ0n) is 8.57. The van der Waals surface area contributed by atoms with Crippen molar-refractivity contribution in [2.75, 3.05) is 0 Å². The average Bonchev–Trinajstić information content (AvgIpc) is 2.20. The first-order valence-corrected chi connectivity index (χ1v) is 3.83. The van der Waals surface area contributed by atoms with Crippen molar-refractivity contribution in [3.05, 3.63) is 13.2 Å². The molecule has 0 nitrogen and oxygen atoms in total. The summed E-state index contributed by atoms with van der Waals surface area (Å²) >= 11 is 0. The molecule has 0 aliphatic carbocycles. The summed E-state index contributed by atoms with van der Waals surface area (Å²) in [7, 11) is 0. The Hall–Kier alpha value is -0.700. The summed E-state index contributed by atoms with van der Waals surface area (Å²) in [5.74, 6) is 0. The Bertz CT molecular complexity index is 11.2.